The summed E-state index contributed by atoms with van der Waals surface area (Å²) in [5.74, 6) is 0.679. The molecule has 0 aliphatic heterocycles. The highest BCUT2D eigenvalue weighted by Gasteiger charge is 2.06. The number of hydrogen-bond acceptors (Lipinski definition) is 4. The Labute approximate surface area is 100 Å². The molecule has 0 spiro atoms. The van der Waals surface area contributed by atoms with E-state index in [2.05, 4.69) is 4.98 Å². The number of ether oxygens (including phenoxy) is 1. The Morgan fingerprint density at radius 3 is 2.94 bits per heavy atom. The van der Waals surface area contributed by atoms with Gasteiger partial charge in [-0.05, 0) is 19.1 Å². The minimum Gasteiger partial charge on any atom is -0.489 e. The number of aliphatic hydroxyl groups is 1. The van der Waals surface area contributed by atoms with Crippen molar-refractivity contribution in [2.45, 2.75) is 13.0 Å². The predicted octanol–water partition coefficient (Wildman–Crippen LogP) is 1.24. The number of hydrogen-bond donors (Lipinski definition) is 2. The van der Waals surface area contributed by atoms with Crippen molar-refractivity contribution in [3.63, 3.8) is 0 Å². The molecule has 1 aromatic heterocycles. The molecular weight excluding hydrogens is 216 g/mol. The molecule has 1 aromatic carbocycles. The maximum Gasteiger partial charge on any atom is 0.145 e. The van der Waals surface area contributed by atoms with E-state index >= 15 is 0 Å². The summed E-state index contributed by atoms with van der Waals surface area (Å²) in [6.45, 7) is 2.31. The largest absolute Gasteiger partial charge is 0.489 e. The van der Waals surface area contributed by atoms with Gasteiger partial charge in [0.05, 0.1) is 0 Å². The molecule has 0 aliphatic rings. The summed E-state index contributed by atoms with van der Waals surface area (Å²) >= 11 is 0. The molecule has 90 valence electrons. The Kier molecular flexibility index (Phi) is 3.56. The molecule has 3 N–H and O–H groups in total. The van der Waals surface area contributed by atoms with Gasteiger partial charge in [-0.15, -0.1) is 0 Å². The first kappa shape index (κ1) is 11.8. The molecule has 1 unspecified atom stereocenters. The fraction of sp³-hybridized carbons (Fsp3) is 0.308. The first-order chi connectivity index (χ1) is 8.20. The molecule has 17 heavy (non-hydrogen) atoms. The smallest absolute Gasteiger partial charge is 0.145 e. The van der Waals surface area contributed by atoms with E-state index in [-0.39, 0.29) is 13.2 Å². The molecular formula is C13H16N2O2. The Morgan fingerprint density at radius 2 is 2.18 bits per heavy atom. The number of aliphatic hydroxyl groups excluding tert-OH is 1. The lowest BCUT2D eigenvalue weighted by Crippen LogP contribution is -2.26. The number of pyridine rings is 1. The summed E-state index contributed by atoms with van der Waals surface area (Å²) in [4.78, 5) is 4.44. The molecule has 0 fully saturated rings. The van der Waals surface area contributed by atoms with Gasteiger partial charge in [-0.3, -0.25) is 0 Å². The van der Waals surface area contributed by atoms with E-state index in [0.29, 0.717) is 5.75 Å². The maximum absolute atomic E-state index is 9.38. The molecule has 1 atom stereocenters. The van der Waals surface area contributed by atoms with Crippen LogP contribution < -0.4 is 10.5 Å². The molecule has 4 nitrogen and oxygen atoms in total. The number of nitrogens with two attached hydrogens (primary N) is 1. The second kappa shape index (κ2) is 5.12. The van der Waals surface area contributed by atoms with Crippen molar-refractivity contribution in [2.75, 3.05) is 13.2 Å². The van der Waals surface area contributed by atoms with E-state index in [9.17, 15) is 5.11 Å². The van der Waals surface area contributed by atoms with Gasteiger partial charge in [-0.1, -0.05) is 18.2 Å². The monoisotopic (exact) mass is 232 g/mol. The van der Waals surface area contributed by atoms with Gasteiger partial charge < -0.3 is 15.6 Å². The van der Waals surface area contributed by atoms with Gasteiger partial charge in [0, 0.05) is 17.6 Å². The molecule has 1 heterocycles. The molecule has 2 rings (SSSR count). The van der Waals surface area contributed by atoms with Gasteiger partial charge in [-0.25, -0.2) is 4.98 Å². The SMILES string of the molecule is Cc1ccc2cccc(OCC(O)CN)c2n1. The maximum atomic E-state index is 9.38. The number of rotatable bonds is 4. The molecule has 0 saturated carbocycles. The lowest BCUT2D eigenvalue weighted by Gasteiger charge is -2.11. The van der Waals surface area contributed by atoms with E-state index in [1.165, 1.54) is 0 Å². The third-order valence-corrected chi connectivity index (χ3v) is 2.53. The van der Waals surface area contributed by atoms with Crippen molar-refractivity contribution in [3.05, 3.63) is 36.0 Å². The Hall–Kier alpha value is -1.65. The van der Waals surface area contributed by atoms with E-state index < -0.39 is 6.10 Å². The number of aromatic nitrogens is 1. The highest BCUT2D eigenvalue weighted by molar-refractivity contribution is 5.84. The normalized spacial score (nSPS) is 12.6. The number of benzene rings is 1. The van der Waals surface area contributed by atoms with Crippen molar-refractivity contribution in [3.8, 4) is 5.75 Å². The van der Waals surface area contributed by atoms with Crippen LogP contribution in [0.15, 0.2) is 30.3 Å². The third-order valence-electron chi connectivity index (χ3n) is 2.53. The van der Waals surface area contributed by atoms with E-state index in [0.717, 1.165) is 16.6 Å². The number of nitrogens with zero attached hydrogens (tertiary/aromatic N) is 1. The highest BCUT2D eigenvalue weighted by Crippen LogP contribution is 2.23. The minimum absolute atomic E-state index is 0.186. The van der Waals surface area contributed by atoms with Crippen LogP contribution in [0.5, 0.6) is 5.75 Å². The molecule has 0 bridgehead atoms. The van der Waals surface area contributed by atoms with Gasteiger partial charge in [-0.2, -0.15) is 0 Å². The van der Waals surface area contributed by atoms with E-state index in [4.69, 9.17) is 10.5 Å². The topological polar surface area (TPSA) is 68.4 Å². The summed E-state index contributed by atoms with van der Waals surface area (Å²) in [6.07, 6.45) is -0.643. The zero-order valence-electron chi connectivity index (χ0n) is 9.76. The minimum atomic E-state index is -0.643. The van der Waals surface area contributed by atoms with Crippen LogP contribution >= 0.6 is 0 Å². The first-order valence-corrected chi connectivity index (χ1v) is 5.58. The quantitative estimate of drug-likeness (QED) is 0.832. The second-order valence-electron chi connectivity index (χ2n) is 3.98. The average molecular weight is 232 g/mol. The molecule has 0 amide bonds. The molecule has 0 saturated heterocycles. The van der Waals surface area contributed by atoms with Crippen LogP contribution in [0.4, 0.5) is 0 Å². The van der Waals surface area contributed by atoms with Crippen molar-refractivity contribution in [1.82, 2.24) is 4.98 Å². The third kappa shape index (κ3) is 2.72. The van der Waals surface area contributed by atoms with E-state index in [1.807, 2.05) is 37.3 Å². The second-order valence-corrected chi connectivity index (χ2v) is 3.98. The lowest BCUT2D eigenvalue weighted by atomic mass is 10.2. The molecule has 0 aliphatic carbocycles. The summed E-state index contributed by atoms with van der Waals surface area (Å²) in [5, 5.41) is 10.4. The van der Waals surface area contributed by atoms with Gasteiger partial charge in [0.1, 0.15) is 24.0 Å². The van der Waals surface area contributed by atoms with Crippen LogP contribution in [-0.4, -0.2) is 29.3 Å². The number of fused-ring (bicyclic) bond motifs is 1. The van der Waals surface area contributed by atoms with Gasteiger partial charge in [0.15, 0.2) is 0 Å². The zero-order chi connectivity index (χ0) is 12.3. The Bertz CT molecular complexity index is 514. The van der Waals surface area contributed by atoms with Crippen LogP contribution in [0, 0.1) is 6.92 Å². The predicted molar refractivity (Wildman–Crippen MR) is 67.0 cm³/mol. The summed E-state index contributed by atoms with van der Waals surface area (Å²) in [5.41, 5.74) is 7.08. The average Bonchev–Trinajstić information content (AvgIpc) is 2.35. The molecule has 0 radical (unpaired) electrons. The van der Waals surface area contributed by atoms with Crippen molar-refractivity contribution >= 4 is 10.9 Å². The Morgan fingerprint density at radius 1 is 1.35 bits per heavy atom. The van der Waals surface area contributed by atoms with Crippen LogP contribution in [0.3, 0.4) is 0 Å². The van der Waals surface area contributed by atoms with Gasteiger partial charge in [0.25, 0.3) is 0 Å². The van der Waals surface area contributed by atoms with E-state index in [1.54, 1.807) is 0 Å². The number of aryl methyl sites for hydroxylation is 1. The summed E-state index contributed by atoms with van der Waals surface area (Å²) < 4.78 is 5.53. The Balaban J connectivity index is 2.30. The molecule has 2 aromatic rings. The number of para-hydroxylation sites is 1. The fourth-order valence-electron chi connectivity index (χ4n) is 1.59. The summed E-state index contributed by atoms with van der Waals surface area (Å²) in [7, 11) is 0. The summed E-state index contributed by atoms with van der Waals surface area (Å²) in [6, 6.07) is 9.69. The van der Waals surface area contributed by atoms with Crippen LogP contribution in [0.1, 0.15) is 5.69 Å². The van der Waals surface area contributed by atoms with Crippen molar-refractivity contribution < 1.29 is 9.84 Å². The van der Waals surface area contributed by atoms with Crippen molar-refractivity contribution in [2.24, 2.45) is 5.73 Å². The fourth-order valence-corrected chi connectivity index (χ4v) is 1.59. The highest BCUT2D eigenvalue weighted by atomic mass is 16.5. The standard InChI is InChI=1S/C13H16N2O2/c1-9-5-6-10-3-2-4-12(13(10)15-9)17-8-11(16)7-14/h2-6,11,16H,7-8,14H2,1H3. The zero-order valence-corrected chi connectivity index (χ0v) is 9.76. The van der Waals surface area contributed by atoms with Crippen LogP contribution in [-0.2, 0) is 0 Å². The van der Waals surface area contributed by atoms with Crippen LogP contribution in [0.2, 0.25) is 0 Å². The molecule has 4 heteroatoms. The van der Waals surface area contributed by atoms with Gasteiger partial charge >= 0.3 is 0 Å². The first-order valence-electron chi connectivity index (χ1n) is 5.58. The van der Waals surface area contributed by atoms with Gasteiger partial charge in [0.2, 0.25) is 0 Å². The van der Waals surface area contributed by atoms with Crippen LogP contribution in [0.25, 0.3) is 10.9 Å². The lowest BCUT2D eigenvalue weighted by molar-refractivity contribution is 0.115. The van der Waals surface area contributed by atoms with Crippen molar-refractivity contribution in [1.29, 1.82) is 0 Å².